The van der Waals surface area contributed by atoms with Gasteiger partial charge in [-0.2, -0.15) is 114 Å². The fourth-order valence-corrected chi connectivity index (χ4v) is 14.6. The second-order valence-corrected chi connectivity index (χ2v) is 43.0. The van der Waals surface area contributed by atoms with Gasteiger partial charge in [-0.3, -0.25) is 14.4 Å². The van der Waals surface area contributed by atoms with Gasteiger partial charge in [-0.1, -0.05) is 159 Å². The van der Waals surface area contributed by atoms with Crippen LogP contribution in [0.5, 0.6) is 23.0 Å². The van der Waals surface area contributed by atoms with Crippen LogP contribution in [0.1, 0.15) is 98.1 Å². The molecule has 0 aliphatic heterocycles. The van der Waals surface area contributed by atoms with Crippen molar-refractivity contribution in [1.82, 2.24) is 14.7 Å². The number of amides is 1. The number of halogens is 26. The molecule has 0 heterocycles. The molecular formula is C91H95Cl2F24LiN4O17S11. The average molecular weight is 2400 g/mol. The van der Waals surface area contributed by atoms with E-state index in [0.717, 1.165) is 123 Å². The van der Waals surface area contributed by atoms with Crippen LogP contribution in [0.15, 0.2) is 255 Å². The van der Waals surface area contributed by atoms with Gasteiger partial charge in [-0.15, -0.1) is 12.6 Å². The van der Waals surface area contributed by atoms with Crippen LogP contribution in [0.2, 0.25) is 0 Å². The number of ether oxygens (including phenoxy) is 2. The summed E-state index contributed by atoms with van der Waals surface area (Å²) in [5, 5.41) is 62.9. The number of hydrogen-bond acceptors (Lipinski definition) is 27. The number of carbonyl (C=O) groups excluding carboxylic acids is 3. The van der Waals surface area contributed by atoms with Crippen LogP contribution in [0, 0.1) is 0 Å². The molecule has 150 heavy (non-hydrogen) atoms. The number of phenols is 2. The molecule has 59 heteroatoms. The van der Waals surface area contributed by atoms with E-state index in [0.29, 0.717) is 36.5 Å². The summed E-state index contributed by atoms with van der Waals surface area (Å²) in [5.41, 5.74) is -1.50. The van der Waals surface area contributed by atoms with E-state index in [9.17, 15) is 137 Å². The molecule has 0 fully saturated rings. The number of phenolic OH excluding ortho intramolecular Hbond substituents is 2. The molecule has 7 N–H and O–H groups in total. The Balaban J connectivity index is -0.00000164. The third-order valence-corrected chi connectivity index (χ3v) is 26.7. The molecule has 0 radical (unpaired) electrons. The van der Waals surface area contributed by atoms with Gasteiger partial charge in [-0.25, -0.2) is 12.6 Å². The second kappa shape index (κ2) is 66.1. The van der Waals surface area contributed by atoms with Gasteiger partial charge >= 0.3 is 68.3 Å². The maximum atomic E-state index is 13.8. The third kappa shape index (κ3) is 54.6. The predicted molar refractivity (Wildman–Crippen MR) is 538 cm³/mol. The number of ketones is 2. The van der Waals surface area contributed by atoms with E-state index in [1.807, 2.05) is 12.5 Å². The number of thiol groups is 1. The monoisotopic (exact) mass is 2400 g/mol. The standard InChI is InChI=1S/C21H20F3NO3S3.2C11H12F3NO2S.C9H7F3O2.C9H9F3OS2.C8H7F3O2.C8H5F3O2.C8H7F3OS.C3H6ClNS.C2H6O2S2.CH4.ClH.Li/c1-25(2)18-8-4-7-17-16(18)6-5-9-19(17)31(26,27)28-20(21(22,23)24)14-10-12-15(13-11-14)30-29-3;1-15(2)10(17)18-8-5-3-7(4-6-8)9(16)11(12,13)14;1-15(2)10(18)17-8-5-3-7(4-6-8)9(16)11(12,13)14;1-14-7-4-2-6(3-5-7)8(13)9(10,11)12;1-14-15-7-4-2-6(3-5-7)8(13)9(10,11)12;2*9-8(10,11)7(13)5-1-3-6(12)4-2-5;9-8(10,11)7(12)5-1-3-6(13)4-2-5;1-5(2)3(4)6;1-5-6(2,3)4;;;/h4-13,20H,1-3H3;2*3-6,9,16H,1-2H3;2-5H,1H3;2-5,8,13H,1H3;1-4,7,12-13H;1-4,12H;1-4,7,12-13H;2*1-2H3;1H4;1H;/q;;;;;;;;;;;;+1/p-1. The Morgan fingerprint density at radius 3 is 0.980 bits per heavy atom. The first-order valence-electron chi connectivity index (χ1n) is 39.7. The Morgan fingerprint density at radius 1 is 0.407 bits per heavy atom. The van der Waals surface area contributed by atoms with E-state index in [4.69, 9.17) is 73.2 Å². The van der Waals surface area contributed by atoms with Gasteiger partial charge in [0.15, 0.2) is 49.9 Å². The molecule has 0 saturated heterocycles. The zero-order valence-electron chi connectivity index (χ0n) is 79.3. The van der Waals surface area contributed by atoms with Crippen LogP contribution in [-0.2, 0) is 23.2 Å². The summed E-state index contributed by atoms with van der Waals surface area (Å²) < 4.78 is 355. The number of carbonyl (C=O) groups is 3. The number of aromatic hydroxyl groups is 2. The number of fused-ring (bicyclic) bond motifs is 1. The first-order chi connectivity index (χ1) is 67.3. The zero-order chi connectivity index (χ0) is 113. The largest absolute Gasteiger partial charge is 1.00 e. The zero-order valence-corrected chi connectivity index (χ0v) is 89.8. The van der Waals surface area contributed by atoms with Crippen LogP contribution in [0.4, 0.5) is 116 Å². The second-order valence-electron chi connectivity index (χ2n) is 29.1. The number of anilines is 1. The molecule has 0 aromatic heterocycles. The van der Waals surface area contributed by atoms with E-state index in [2.05, 4.69) is 24.8 Å². The molecule has 10 aromatic rings. The van der Waals surface area contributed by atoms with Crippen molar-refractivity contribution in [3.63, 3.8) is 0 Å². The van der Waals surface area contributed by atoms with E-state index < -0.39 is 128 Å². The number of methoxy groups -OCH3 is 1. The van der Waals surface area contributed by atoms with E-state index in [1.54, 1.807) is 107 Å². The normalized spacial score (nSPS) is 12.6. The predicted octanol–water partition coefficient (Wildman–Crippen LogP) is 20.7. The van der Waals surface area contributed by atoms with Gasteiger partial charge in [0.25, 0.3) is 32.1 Å². The molecule has 0 spiro atoms. The topological polar surface area (TPSA) is 302 Å². The van der Waals surface area contributed by atoms with Gasteiger partial charge in [0.05, 0.1) is 7.11 Å². The van der Waals surface area contributed by atoms with E-state index in [1.165, 1.54) is 177 Å². The van der Waals surface area contributed by atoms with E-state index in [-0.39, 0.29) is 98.9 Å². The number of alkyl halides is 24. The third-order valence-electron chi connectivity index (χ3n) is 17.0. The van der Waals surface area contributed by atoms with Gasteiger partial charge in [0.1, 0.15) is 27.9 Å². The molecule has 1 amide bonds. The minimum atomic E-state index is -4.92. The van der Waals surface area contributed by atoms with Crippen LogP contribution in [0.3, 0.4) is 0 Å². The maximum Gasteiger partial charge on any atom is 1.00 e. The molecule has 6 unspecified atom stereocenters. The Kier molecular flexibility index (Phi) is 64.3. The summed E-state index contributed by atoms with van der Waals surface area (Å²) in [6.07, 6.45) is -46.3. The molecule has 0 aliphatic rings. The Morgan fingerprint density at radius 2 is 0.693 bits per heavy atom. The molecule has 0 saturated carbocycles. The van der Waals surface area contributed by atoms with Gasteiger partial charge in [-0.05, 0) is 233 Å². The van der Waals surface area contributed by atoms with Gasteiger partial charge in [0.2, 0.25) is 0 Å². The quantitative estimate of drug-likeness (QED) is 0.00336. The van der Waals surface area contributed by atoms with Crippen molar-refractivity contribution in [2.24, 2.45) is 0 Å². The van der Waals surface area contributed by atoms with Crippen molar-refractivity contribution >= 4 is 176 Å². The fourth-order valence-electron chi connectivity index (χ4n) is 9.71. The molecular weight excluding hydrogens is 2310 g/mol. The minimum absolute atomic E-state index is 0. The van der Waals surface area contributed by atoms with Crippen molar-refractivity contribution in [2.75, 3.05) is 93.4 Å². The van der Waals surface area contributed by atoms with Crippen LogP contribution < -0.4 is 45.6 Å². The summed E-state index contributed by atoms with van der Waals surface area (Å²) in [6.45, 7) is 0. The Bertz CT molecular complexity index is 5830. The first-order valence-corrected chi connectivity index (χ1v) is 52.3. The fraction of sp³-hybridized carbons (Fsp3) is 0.308. The Hall–Kier alpha value is -8.34. The van der Waals surface area contributed by atoms with Crippen LogP contribution >= 0.6 is 114 Å². The van der Waals surface area contributed by atoms with Crippen molar-refractivity contribution in [2.45, 2.75) is 118 Å². The average Bonchev–Trinajstić information content (AvgIpc) is 0.762. The number of hydrogen-bond donors (Lipinski definition) is 8. The number of benzene rings is 10. The van der Waals surface area contributed by atoms with Crippen molar-refractivity contribution in [3.8, 4) is 23.0 Å². The number of aliphatic hydroxyl groups excluding tert-OH is 5. The van der Waals surface area contributed by atoms with E-state index >= 15 is 0 Å². The molecule has 830 valence electrons. The maximum absolute atomic E-state index is 13.8. The molecule has 6 atom stereocenters. The summed E-state index contributed by atoms with van der Waals surface area (Å²) in [6, 6.07) is 48.7. The molecule has 10 rings (SSSR count). The van der Waals surface area contributed by atoms with Crippen molar-refractivity contribution in [1.29, 1.82) is 0 Å². The summed E-state index contributed by atoms with van der Waals surface area (Å²) in [4.78, 5) is 41.4. The minimum Gasteiger partial charge on any atom is -1.00 e. The SMILES string of the molecule is C.CN(C)C(=O)Sc1ccc(C(O)C(F)(F)F)cc1.CN(C)C(=S)Cl.CN(C)C(=S)Oc1ccc(C(O)C(F)(F)F)cc1.COc1ccc(C(=O)C(F)(F)F)cc1.CSS(C)(=O)=O.CSSc1ccc(C(O)C(F)(F)F)cc1.CSSc1ccc(C(OS(=O)(=O)c2cccc3c(N(C)C)cccc23)C(F)(F)F)cc1.O=C(c1ccc(O)cc1)C(F)(F)F.OC(c1ccc(S)cc1)C(F)(F)F.Oc1ccc(C(O)C(F)(F)F)cc1.[Cl-].[Li+]. The van der Waals surface area contributed by atoms with Crippen molar-refractivity contribution in [3.05, 3.63) is 275 Å². The number of rotatable bonds is 20. The number of nitrogens with zero attached hydrogens (tertiary/aromatic N) is 4. The van der Waals surface area contributed by atoms with Gasteiger partial charge < -0.3 is 77.2 Å². The first kappa shape index (κ1) is 146. The number of thiocarbonyl (C=S) groups is 2. The number of aliphatic hydroxyl groups is 5. The summed E-state index contributed by atoms with van der Waals surface area (Å²) >= 11 is 19.5. The number of Topliss-reactive ketones (excluding diaryl/α,β-unsaturated/α-hetero) is 2. The van der Waals surface area contributed by atoms with Crippen LogP contribution in [0.25, 0.3) is 10.8 Å². The molecule has 0 aliphatic carbocycles. The molecule has 10 aromatic carbocycles. The summed E-state index contributed by atoms with van der Waals surface area (Å²) in [5.74, 6) is -3.36. The van der Waals surface area contributed by atoms with Crippen molar-refractivity contribution < 1.29 is 217 Å². The molecule has 0 bridgehead atoms. The van der Waals surface area contributed by atoms with Crippen LogP contribution in [-0.4, -0.2) is 232 Å². The van der Waals surface area contributed by atoms with Gasteiger partial charge in [0, 0.05) is 110 Å². The molecule has 21 nitrogen and oxygen atoms in total. The Labute approximate surface area is 910 Å². The summed E-state index contributed by atoms with van der Waals surface area (Å²) in [7, 11) is 14.3. The number of thioether (sulfide) groups is 1. The smallest absolute Gasteiger partial charge is 1.00 e.